The topological polar surface area (TPSA) is 105 Å². The van der Waals surface area contributed by atoms with E-state index in [1.165, 1.54) is 0 Å². The van der Waals surface area contributed by atoms with Crippen molar-refractivity contribution < 1.29 is 28.7 Å². The van der Waals surface area contributed by atoms with Gasteiger partial charge < -0.3 is 19.7 Å². The molecule has 2 fully saturated rings. The lowest BCUT2D eigenvalue weighted by atomic mass is 10.2. The molecule has 2 aliphatic rings. The summed E-state index contributed by atoms with van der Waals surface area (Å²) in [4.78, 5) is 53.3. The molecule has 0 bridgehead atoms. The van der Waals surface area contributed by atoms with Crippen molar-refractivity contribution in [1.82, 2.24) is 9.80 Å². The zero-order chi connectivity index (χ0) is 28.1. The van der Waals surface area contributed by atoms with Gasteiger partial charge in [-0.1, -0.05) is 17.7 Å². The van der Waals surface area contributed by atoms with Gasteiger partial charge in [0.05, 0.1) is 15.1 Å². The monoisotopic (exact) mass is 683 g/mol. The van der Waals surface area contributed by atoms with Gasteiger partial charge in [0.25, 0.3) is 17.1 Å². The number of imide groups is 1. The number of carbonyl (C=O) groups excluding carboxylic acids is 4. The summed E-state index contributed by atoms with van der Waals surface area (Å²) < 4.78 is 12.2. The van der Waals surface area contributed by atoms with Gasteiger partial charge in [-0.05, 0) is 103 Å². The first kappa shape index (κ1) is 29.2. The van der Waals surface area contributed by atoms with E-state index >= 15 is 0 Å². The molecule has 0 saturated carbocycles. The van der Waals surface area contributed by atoms with E-state index in [4.69, 9.17) is 21.1 Å². The van der Waals surface area contributed by atoms with Crippen molar-refractivity contribution >= 4 is 80.7 Å². The van der Waals surface area contributed by atoms with Crippen molar-refractivity contribution in [3.8, 4) is 11.5 Å². The predicted molar refractivity (Wildman–Crippen MR) is 159 cm³/mol. The fourth-order valence-corrected chi connectivity index (χ4v) is 5.87. The van der Waals surface area contributed by atoms with Crippen molar-refractivity contribution in [3.63, 3.8) is 0 Å². The third kappa shape index (κ3) is 7.25. The Kier molecular flexibility index (Phi) is 9.78. The number of nitrogens with one attached hydrogen (secondary N) is 1. The first-order valence-electron chi connectivity index (χ1n) is 12.3. The summed E-state index contributed by atoms with van der Waals surface area (Å²) in [6.07, 6.45) is 3.45. The maximum absolute atomic E-state index is 12.9. The molecule has 4 rings (SSSR count). The van der Waals surface area contributed by atoms with Gasteiger partial charge in [-0.25, -0.2) is 0 Å². The zero-order valence-electron chi connectivity index (χ0n) is 21.4. The normalized spacial score (nSPS) is 16.3. The number of nitrogens with zero attached hydrogens (tertiary/aromatic N) is 2. The maximum atomic E-state index is 12.9. The molecule has 206 valence electrons. The summed E-state index contributed by atoms with van der Waals surface area (Å²) in [7, 11) is 0. The van der Waals surface area contributed by atoms with Crippen molar-refractivity contribution in [2.45, 2.75) is 26.7 Å². The first-order valence-corrected chi connectivity index (χ1v) is 14.6. The Hall–Kier alpha value is -2.77. The number of amides is 4. The number of hydrogen-bond acceptors (Lipinski definition) is 7. The molecule has 4 amide bonds. The van der Waals surface area contributed by atoms with Crippen LogP contribution in [0.15, 0.2) is 35.2 Å². The molecule has 0 atom stereocenters. The number of carbonyl (C=O) groups is 4. The summed E-state index contributed by atoms with van der Waals surface area (Å²) >= 11 is 8.99. The number of thioether (sulfide) groups is 1. The van der Waals surface area contributed by atoms with Gasteiger partial charge in [-0.3, -0.25) is 24.1 Å². The Morgan fingerprint density at radius 3 is 2.59 bits per heavy atom. The summed E-state index contributed by atoms with van der Waals surface area (Å²) in [5.41, 5.74) is 2.08. The van der Waals surface area contributed by atoms with Crippen molar-refractivity contribution in [3.05, 3.63) is 55.0 Å². The van der Waals surface area contributed by atoms with Gasteiger partial charge in [0.1, 0.15) is 6.54 Å². The second-order valence-electron chi connectivity index (χ2n) is 8.92. The molecule has 2 saturated heterocycles. The SMILES string of the molecule is CCOc1cc(/C=C2\SC(=O)N(CC(=O)N3CCCC3)C2=O)cc(I)c1OCC(=O)Nc1ccc(C)c(Cl)c1. The molecule has 0 unspecified atom stereocenters. The minimum absolute atomic E-state index is 0.220. The largest absolute Gasteiger partial charge is 0.490 e. The third-order valence-corrected chi connectivity index (χ3v) is 8.17. The average molecular weight is 684 g/mol. The van der Waals surface area contributed by atoms with Crippen LogP contribution in [-0.2, 0) is 14.4 Å². The van der Waals surface area contributed by atoms with E-state index in [0.717, 1.165) is 35.1 Å². The summed E-state index contributed by atoms with van der Waals surface area (Å²) in [5.74, 6) is -0.311. The molecule has 0 radical (unpaired) electrons. The minimum atomic E-state index is -0.501. The van der Waals surface area contributed by atoms with Crippen LogP contribution in [0.2, 0.25) is 5.02 Å². The standard InChI is InChI=1S/C27H27ClIN3O6S/c1-3-37-21-11-17(12-22-26(35)32(27(36)39-22)14-24(34)31-8-4-5-9-31)10-20(29)25(21)38-15-23(33)30-18-7-6-16(2)19(28)13-18/h6-7,10-13H,3-5,8-9,14-15H2,1-2H3,(H,30,33)/b22-12-. The molecule has 0 aromatic heterocycles. The lowest BCUT2D eigenvalue weighted by Gasteiger charge is -2.18. The summed E-state index contributed by atoms with van der Waals surface area (Å²) in [5, 5.41) is 2.83. The minimum Gasteiger partial charge on any atom is -0.490 e. The van der Waals surface area contributed by atoms with E-state index in [1.54, 1.807) is 35.2 Å². The molecule has 2 aromatic rings. The van der Waals surface area contributed by atoms with Crippen LogP contribution in [0.5, 0.6) is 11.5 Å². The number of halogens is 2. The Bertz CT molecular complexity index is 1350. The van der Waals surface area contributed by atoms with E-state index in [2.05, 4.69) is 27.9 Å². The fraction of sp³-hybridized carbons (Fsp3) is 0.333. The third-order valence-electron chi connectivity index (χ3n) is 6.06. The maximum Gasteiger partial charge on any atom is 0.294 e. The first-order chi connectivity index (χ1) is 18.7. The Morgan fingerprint density at radius 2 is 1.90 bits per heavy atom. The van der Waals surface area contributed by atoms with Crippen LogP contribution in [0.1, 0.15) is 30.9 Å². The van der Waals surface area contributed by atoms with Crippen LogP contribution in [-0.4, -0.2) is 65.6 Å². The van der Waals surface area contributed by atoms with Crippen LogP contribution in [0, 0.1) is 10.5 Å². The number of aryl methyl sites for hydroxylation is 1. The van der Waals surface area contributed by atoms with Gasteiger partial charge in [0.2, 0.25) is 5.91 Å². The van der Waals surface area contributed by atoms with Gasteiger partial charge >= 0.3 is 0 Å². The van der Waals surface area contributed by atoms with Crippen molar-refractivity contribution in [2.24, 2.45) is 0 Å². The smallest absolute Gasteiger partial charge is 0.294 e. The molecule has 2 aliphatic heterocycles. The Balaban J connectivity index is 1.45. The molecule has 39 heavy (non-hydrogen) atoms. The number of hydrogen-bond donors (Lipinski definition) is 1. The second kappa shape index (κ2) is 13.1. The summed E-state index contributed by atoms with van der Waals surface area (Å²) in [6.45, 7) is 4.83. The second-order valence-corrected chi connectivity index (χ2v) is 11.5. The number of anilines is 1. The molecule has 9 nitrogen and oxygen atoms in total. The molecule has 2 heterocycles. The molecular formula is C27H27ClIN3O6S. The highest BCUT2D eigenvalue weighted by molar-refractivity contribution is 14.1. The highest BCUT2D eigenvalue weighted by Gasteiger charge is 2.37. The van der Waals surface area contributed by atoms with E-state index in [0.29, 0.717) is 51.0 Å². The van der Waals surface area contributed by atoms with Crippen molar-refractivity contribution in [1.29, 1.82) is 0 Å². The van der Waals surface area contributed by atoms with Crippen LogP contribution in [0.25, 0.3) is 6.08 Å². The van der Waals surface area contributed by atoms with E-state index in [-0.39, 0.29) is 29.9 Å². The van der Waals surface area contributed by atoms with E-state index in [1.807, 2.05) is 19.9 Å². The van der Waals surface area contributed by atoms with Crippen LogP contribution >= 0.6 is 46.0 Å². The molecule has 12 heteroatoms. The summed E-state index contributed by atoms with van der Waals surface area (Å²) in [6, 6.07) is 8.69. The Morgan fingerprint density at radius 1 is 1.15 bits per heavy atom. The highest BCUT2D eigenvalue weighted by atomic mass is 127. The highest BCUT2D eigenvalue weighted by Crippen LogP contribution is 2.37. The van der Waals surface area contributed by atoms with Crippen LogP contribution in [0.3, 0.4) is 0 Å². The number of rotatable bonds is 9. The molecule has 0 spiro atoms. The molecule has 0 aliphatic carbocycles. The number of likely N-dealkylation sites (tertiary alicyclic amines) is 1. The predicted octanol–water partition coefficient (Wildman–Crippen LogP) is 5.33. The number of ether oxygens (including phenoxy) is 2. The van der Waals surface area contributed by atoms with Crippen LogP contribution < -0.4 is 14.8 Å². The lowest BCUT2D eigenvalue weighted by Crippen LogP contribution is -2.40. The molecule has 2 aromatic carbocycles. The van der Waals surface area contributed by atoms with Gasteiger partial charge in [-0.2, -0.15) is 0 Å². The lowest BCUT2D eigenvalue weighted by molar-refractivity contribution is -0.135. The van der Waals surface area contributed by atoms with Crippen LogP contribution in [0.4, 0.5) is 10.5 Å². The average Bonchev–Trinajstić information content (AvgIpc) is 3.51. The fourth-order valence-electron chi connectivity index (χ4n) is 4.07. The number of benzene rings is 2. The van der Waals surface area contributed by atoms with Gasteiger partial charge in [0, 0.05) is 23.8 Å². The van der Waals surface area contributed by atoms with Gasteiger partial charge in [-0.15, -0.1) is 0 Å². The van der Waals surface area contributed by atoms with Gasteiger partial charge in [0.15, 0.2) is 18.1 Å². The van der Waals surface area contributed by atoms with Crippen molar-refractivity contribution in [2.75, 3.05) is 38.2 Å². The van der Waals surface area contributed by atoms with E-state index in [9.17, 15) is 19.2 Å². The zero-order valence-corrected chi connectivity index (χ0v) is 25.2. The van der Waals surface area contributed by atoms with E-state index < -0.39 is 11.1 Å². The molecule has 1 N–H and O–H groups in total. The molecular weight excluding hydrogens is 657 g/mol. The quantitative estimate of drug-likeness (QED) is 0.282. The Labute approximate surface area is 249 Å².